The number of benzene rings is 1. The largest absolute Gasteiger partial charge is 0.495 e. The van der Waals surface area contributed by atoms with E-state index in [0.29, 0.717) is 17.3 Å². The zero-order valence-electron chi connectivity index (χ0n) is 18.2. The third-order valence-corrected chi connectivity index (χ3v) is 7.33. The topological polar surface area (TPSA) is 44.8 Å². The van der Waals surface area contributed by atoms with E-state index < -0.39 is 41.5 Å². The Hall–Kier alpha value is -1.47. The molecule has 2 bridgehead atoms. The zero-order valence-corrected chi connectivity index (χ0v) is 18.2. The summed E-state index contributed by atoms with van der Waals surface area (Å²) in [6.07, 6.45) is 1.88. The fraction of sp³-hybridized carbons (Fsp3) is 0.682. The molecular formula is C22H29BF2O4. The van der Waals surface area contributed by atoms with Crippen molar-refractivity contribution in [2.75, 3.05) is 0 Å². The van der Waals surface area contributed by atoms with Crippen molar-refractivity contribution in [2.45, 2.75) is 78.6 Å². The van der Waals surface area contributed by atoms with Gasteiger partial charge >= 0.3 is 13.1 Å². The second-order valence-electron chi connectivity index (χ2n) is 10.6. The summed E-state index contributed by atoms with van der Waals surface area (Å²) in [7, 11) is -0.837. The van der Waals surface area contributed by atoms with Crippen molar-refractivity contribution in [1.82, 2.24) is 0 Å². The number of hydrogen-bond donors (Lipinski definition) is 0. The van der Waals surface area contributed by atoms with E-state index in [1.54, 1.807) is 27.7 Å². The lowest BCUT2D eigenvalue weighted by atomic mass is 9.43. The summed E-state index contributed by atoms with van der Waals surface area (Å²) in [5.41, 5.74) is -0.891. The Kier molecular flexibility index (Phi) is 4.49. The van der Waals surface area contributed by atoms with Crippen molar-refractivity contribution in [2.24, 2.45) is 17.3 Å². The summed E-state index contributed by atoms with van der Waals surface area (Å²) in [5, 5.41) is 0. The molecule has 7 heteroatoms. The molecule has 1 aromatic rings. The van der Waals surface area contributed by atoms with Crippen LogP contribution in [0.15, 0.2) is 6.07 Å². The molecule has 1 aliphatic heterocycles. The van der Waals surface area contributed by atoms with Crippen LogP contribution >= 0.6 is 0 Å². The predicted molar refractivity (Wildman–Crippen MR) is 106 cm³/mol. The van der Waals surface area contributed by atoms with Gasteiger partial charge in [0, 0.05) is 0 Å². The summed E-state index contributed by atoms with van der Waals surface area (Å²) < 4.78 is 46.9. The normalized spacial score (nSPS) is 32.6. The highest BCUT2D eigenvalue weighted by atomic mass is 19.2. The number of hydrogen-bond acceptors (Lipinski definition) is 4. The van der Waals surface area contributed by atoms with E-state index in [-0.39, 0.29) is 17.1 Å². The van der Waals surface area contributed by atoms with Gasteiger partial charge < -0.3 is 14.0 Å². The Labute approximate surface area is 171 Å². The van der Waals surface area contributed by atoms with Crippen LogP contribution < -0.4 is 5.46 Å². The average Bonchev–Trinajstić information content (AvgIpc) is 2.93. The van der Waals surface area contributed by atoms with Gasteiger partial charge in [0.2, 0.25) is 0 Å². The van der Waals surface area contributed by atoms with E-state index in [2.05, 4.69) is 20.8 Å². The number of carbonyl (C=O) groups excluding carboxylic acids is 1. The minimum absolute atomic E-state index is 0.0956. The van der Waals surface area contributed by atoms with Crippen molar-refractivity contribution in [3.05, 3.63) is 28.8 Å². The molecule has 4 fully saturated rings. The SMILES string of the molecule is Cc1c(B2O[C@@H]3C[C@@H]4C[C@@H](C4(C)C)[C@]3(C)O2)cc(F)c(F)c1C(=O)OC(C)(C)C. The van der Waals surface area contributed by atoms with Gasteiger partial charge in [0.1, 0.15) is 11.2 Å². The number of carbonyl (C=O) groups is 1. The second kappa shape index (κ2) is 6.27. The van der Waals surface area contributed by atoms with E-state index in [4.69, 9.17) is 14.0 Å². The molecule has 0 amide bonds. The molecule has 4 atom stereocenters. The van der Waals surface area contributed by atoms with Crippen molar-refractivity contribution in [3.8, 4) is 0 Å². The first-order valence-corrected chi connectivity index (χ1v) is 10.3. The molecule has 4 nitrogen and oxygen atoms in total. The quantitative estimate of drug-likeness (QED) is 0.547. The Bertz CT molecular complexity index is 879. The average molecular weight is 406 g/mol. The van der Waals surface area contributed by atoms with Crippen LogP contribution in [0.2, 0.25) is 0 Å². The van der Waals surface area contributed by atoms with Crippen molar-refractivity contribution in [1.29, 1.82) is 0 Å². The van der Waals surface area contributed by atoms with E-state index in [9.17, 15) is 13.6 Å². The number of esters is 1. The third-order valence-electron chi connectivity index (χ3n) is 7.33. The van der Waals surface area contributed by atoms with Gasteiger partial charge in [-0.05, 0) is 81.8 Å². The molecule has 5 rings (SSSR count). The summed E-state index contributed by atoms with van der Waals surface area (Å²) in [6, 6.07) is 1.08. The van der Waals surface area contributed by atoms with Gasteiger partial charge in [-0.3, -0.25) is 0 Å². The van der Waals surface area contributed by atoms with Crippen LogP contribution in [0.1, 0.15) is 70.3 Å². The van der Waals surface area contributed by atoms with Crippen LogP contribution in [-0.4, -0.2) is 30.4 Å². The highest BCUT2D eigenvalue weighted by Crippen LogP contribution is 2.65. The van der Waals surface area contributed by atoms with Gasteiger partial charge in [0.25, 0.3) is 0 Å². The maximum absolute atomic E-state index is 14.5. The second-order valence-corrected chi connectivity index (χ2v) is 10.6. The molecule has 158 valence electrons. The van der Waals surface area contributed by atoms with Crippen molar-refractivity contribution >= 4 is 18.6 Å². The molecule has 0 N–H and O–H groups in total. The fourth-order valence-electron chi connectivity index (χ4n) is 5.55. The third kappa shape index (κ3) is 3.04. The van der Waals surface area contributed by atoms with E-state index >= 15 is 0 Å². The van der Waals surface area contributed by atoms with Gasteiger partial charge in [-0.15, -0.1) is 0 Å². The smallest absolute Gasteiger partial charge is 0.456 e. The minimum atomic E-state index is -1.20. The summed E-state index contributed by atoms with van der Waals surface area (Å²) in [5.74, 6) is -2.27. The summed E-state index contributed by atoms with van der Waals surface area (Å²) in [4.78, 5) is 12.6. The number of halogens is 2. The maximum atomic E-state index is 14.5. The lowest BCUT2D eigenvalue weighted by molar-refractivity contribution is -0.199. The molecule has 3 saturated carbocycles. The minimum Gasteiger partial charge on any atom is -0.456 e. The summed E-state index contributed by atoms with van der Waals surface area (Å²) >= 11 is 0. The van der Waals surface area contributed by atoms with E-state index in [0.717, 1.165) is 18.9 Å². The maximum Gasteiger partial charge on any atom is 0.495 e. The van der Waals surface area contributed by atoms with Gasteiger partial charge in [-0.2, -0.15) is 0 Å². The number of rotatable bonds is 2. The first kappa shape index (κ1) is 20.8. The standard InChI is InChI=1S/C22H29BF2O4/c1-11-13(10-14(24)18(25)17(11)19(26)27-20(2,3)4)23-28-16-9-12-8-15(21(12,5)6)22(16,7)29-23/h10,12,15-16H,8-9H2,1-7H3/t12-,15-,16+,22-/m0/s1. The molecule has 1 heterocycles. The molecule has 0 aromatic heterocycles. The van der Waals surface area contributed by atoms with Gasteiger partial charge in [-0.1, -0.05) is 13.8 Å². The Balaban J connectivity index is 1.69. The molecule has 3 aliphatic carbocycles. The molecule has 4 aliphatic rings. The highest BCUT2D eigenvalue weighted by molar-refractivity contribution is 6.62. The number of ether oxygens (including phenoxy) is 1. The monoisotopic (exact) mass is 406 g/mol. The van der Waals surface area contributed by atoms with E-state index in [1.165, 1.54) is 0 Å². The molecular weight excluding hydrogens is 377 g/mol. The van der Waals surface area contributed by atoms with Gasteiger partial charge in [-0.25, -0.2) is 13.6 Å². The van der Waals surface area contributed by atoms with Gasteiger partial charge in [0.15, 0.2) is 11.6 Å². The lowest BCUT2D eigenvalue weighted by Gasteiger charge is -2.64. The Morgan fingerprint density at radius 1 is 1.24 bits per heavy atom. The fourth-order valence-corrected chi connectivity index (χ4v) is 5.55. The molecule has 1 aromatic carbocycles. The Morgan fingerprint density at radius 2 is 1.90 bits per heavy atom. The predicted octanol–water partition coefficient (Wildman–Crippen LogP) is 4.16. The zero-order chi connectivity index (χ0) is 21.5. The van der Waals surface area contributed by atoms with Crippen LogP contribution in [0, 0.1) is 35.8 Å². The summed E-state index contributed by atoms with van der Waals surface area (Å²) in [6.45, 7) is 13.2. The first-order chi connectivity index (χ1) is 13.3. The van der Waals surface area contributed by atoms with Crippen LogP contribution in [0.4, 0.5) is 8.78 Å². The van der Waals surface area contributed by atoms with Crippen LogP contribution in [-0.2, 0) is 14.0 Å². The van der Waals surface area contributed by atoms with Crippen LogP contribution in [0.25, 0.3) is 0 Å². The van der Waals surface area contributed by atoms with E-state index in [1.807, 2.05) is 0 Å². The highest BCUT2D eigenvalue weighted by Gasteiger charge is 2.68. The molecule has 1 saturated heterocycles. The van der Waals surface area contributed by atoms with Gasteiger partial charge in [0.05, 0.1) is 11.7 Å². The Morgan fingerprint density at radius 3 is 2.48 bits per heavy atom. The van der Waals surface area contributed by atoms with Crippen molar-refractivity contribution in [3.63, 3.8) is 0 Å². The van der Waals surface area contributed by atoms with Crippen molar-refractivity contribution < 1.29 is 27.6 Å². The van der Waals surface area contributed by atoms with Crippen LogP contribution in [0.3, 0.4) is 0 Å². The first-order valence-electron chi connectivity index (χ1n) is 10.3. The molecule has 0 unspecified atom stereocenters. The lowest BCUT2D eigenvalue weighted by Crippen LogP contribution is -2.65. The molecule has 29 heavy (non-hydrogen) atoms. The molecule has 0 spiro atoms. The molecule has 0 radical (unpaired) electrons. The van der Waals surface area contributed by atoms with Crippen LogP contribution in [0.5, 0.6) is 0 Å².